The van der Waals surface area contributed by atoms with Crippen LogP contribution in [0.1, 0.15) is 25.7 Å². The molecule has 0 unspecified atom stereocenters. The number of rotatable bonds is 1. The number of carbonyl (C=O) groups excluding carboxylic acids is 1. The third-order valence-electron chi connectivity index (χ3n) is 4.90. The van der Waals surface area contributed by atoms with Crippen LogP contribution in [0.3, 0.4) is 0 Å². The molecule has 0 saturated carbocycles. The van der Waals surface area contributed by atoms with Gasteiger partial charge in [0.1, 0.15) is 0 Å². The molecule has 3 aliphatic rings. The van der Waals surface area contributed by atoms with Crippen LogP contribution < -0.4 is 5.32 Å². The molecule has 1 amide bonds. The van der Waals surface area contributed by atoms with E-state index in [9.17, 15) is 4.79 Å². The maximum Gasteiger partial charge on any atom is 0.225 e. The van der Waals surface area contributed by atoms with Gasteiger partial charge in [0.15, 0.2) is 0 Å². The van der Waals surface area contributed by atoms with Gasteiger partial charge >= 0.3 is 0 Å². The highest BCUT2D eigenvalue weighted by Gasteiger charge is 2.33. The van der Waals surface area contributed by atoms with Crippen molar-refractivity contribution in [2.45, 2.75) is 25.7 Å². The molecule has 4 heteroatoms. The van der Waals surface area contributed by atoms with Gasteiger partial charge in [0, 0.05) is 19.0 Å². The zero-order valence-electron chi connectivity index (χ0n) is 11.1. The molecule has 18 heavy (non-hydrogen) atoms. The summed E-state index contributed by atoms with van der Waals surface area (Å²) in [5.41, 5.74) is 0. The normalized spacial score (nSPS) is 34.1. The van der Waals surface area contributed by atoms with E-state index in [-0.39, 0.29) is 0 Å². The van der Waals surface area contributed by atoms with Gasteiger partial charge < -0.3 is 10.2 Å². The zero-order chi connectivity index (χ0) is 12.4. The quantitative estimate of drug-likeness (QED) is 0.784. The summed E-state index contributed by atoms with van der Waals surface area (Å²) >= 11 is 2.00. The molecule has 3 fully saturated rings. The van der Waals surface area contributed by atoms with Crippen LogP contribution in [0.4, 0.5) is 0 Å². The Balaban J connectivity index is 1.57. The second-order valence-electron chi connectivity index (χ2n) is 5.97. The first-order chi connectivity index (χ1) is 8.84. The molecular formula is C14H24N2OS. The highest BCUT2D eigenvalue weighted by Crippen LogP contribution is 2.29. The van der Waals surface area contributed by atoms with E-state index in [0.29, 0.717) is 11.8 Å². The minimum atomic E-state index is 0.335. The molecule has 3 rings (SSSR count). The van der Waals surface area contributed by atoms with Gasteiger partial charge in [0.25, 0.3) is 0 Å². The molecule has 3 heterocycles. The lowest BCUT2D eigenvalue weighted by Gasteiger charge is -2.28. The topological polar surface area (TPSA) is 32.3 Å². The molecule has 0 aromatic carbocycles. The summed E-state index contributed by atoms with van der Waals surface area (Å²) in [7, 11) is 0. The van der Waals surface area contributed by atoms with Crippen molar-refractivity contribution in [2.75, 3.05) is 37.7 Å². The van der Waals surface area contributed by atoms with Crippen LogP contribution in [0.5, 0.6) is 0 Å². The van der Waals surface area contributed by atoms with Crippen LogP contribution in [0.15, 0.2) is 0 Å². The monoisotopic (exact) mass is 268 g/mol. The minimum absolute atomic E-state index is 0.335. The summed E-state index contributed by atoms with van der Waals surface area (Å²) in [6.07, 6.45) is 4.64. The third kappa shape index (κ3) is 2.69. The van der Waals surface area contributed by atoms with Crippen molar-refractivity contribution in [2.24, 2.45) is 17.8 Å². The summed E-state index contributed by atoms with van der Waals surface area (Å²) in [4.78, 5) is 14.7. The fourth-order valence-corrected chi connectivity index (χ4v) is 4.75. The van der Waals surface area contributed by atoms with E-state index in [1.807, 2.05) is 11.8 Å². The average molecular weight is 268 g/mol. The van der Waals surface area contributed by atoms with Gasteiger partial charge in [0.2, 0.25) is 5.91 Å². The first-order valence-corrected chi connectivity index (χ1v) is 8.57. The van der Waals surface area contributed by atoms with E-state index in [1.54, 1.807) is 0 Å². The van der Waals surface area contributed by atoms with E-state index in [2.05, 4.69) is 10.2 Å². The second-order valence-corrected chi connectivity index (χ2v) is 7.19. The number of fused-ring (bicyclic) bond motifs is 1. The van der Waals surface area contributed by atoms with E-state index in [0.717, 1.165) is 37.8 Å². The van der Waals surface area contributed by atoms with E-state index in [1.165, 1.54) is 37.4 Å². The van der Waals surface area contributed by atoms with E-state index in [4.69, 9.17) is 0 Å². The molecule has 0 aliphatic carbocycles. The molecule has 0 aromatic rings. The minimum Gasteiger partial charge on any atom is -0.342 e. The van der Waals surface area contributed by atoms with Gasteiger partial charge in [-0.3, -0.25) is 4.79 Å². The van der Waals surface area contributed by atoms with Crippen molar-refractivity contribution in [3.05, 3.63) is 0 Å². The Morgan fingerprint density at radius 3 is 2.22 bits per heavy atom. The van der Waals surface area contributed by atoms with Crippen LogP contribution in [0, 0.1) is 17.8 Å². The lowest BCUT2D eigenvalue weighted by Crippen LogP contribution is -2.38. The Morgan fingerprint density at radius 2 is 1.61 bits per heavy atom. The van der Waals surface area contributed by atoms with Gasteiger partial charge in [-0.05, 0) is 62.1 Å². The Hall–Kier alpha value is -0.220. The summed E-state index contributed by atoms with van der Waals surface area (Å²) in [5, 5.41) is 3.49. The van der Waals surface area contributed by atoms with E-state index < -0.39 is 0 Å². The molecule has 3 nitrogen and oxygen atoms in total. The van der Waals surface area contributed by atoms with Crippen molar-refractivity contribution >= 4 is 17.7 Å². The van der Waals surface area contributed by atoms with Crippen LogP contribution in [0.2, 0.25) is 0 Å². The van der Waals surface area contributed by atoms with Crippen molar-refractivity contribution in [1.82, 2.24) is 10.2 Å². The summed E-state index contributed by atoms with van der Waals surface area (Å²) in [6, 6.07) is 0. The average Bonchev–Trinajstić information content (AvgIpc) is 2.78. The lowest BCUT2D eigenvalue weighted by atomic mass is 9.92. The lowest BCUT2D eigenvalue weighted by molar-refractivity contribution is -0.135. The van der Waals surface area contributed by atoms with Crippen molar-refractivity contribution in [1.29, 1.82) is 0 Å². The highest BCUT2D eigenvalue weighted by molar-refractivity contribution is 7.99. The number of thioether (sulfide) groups is 1. The standard InChI is InChI=1S/C14H24N2OS/c17-14(11-3-7-18-8-4-11)16-5-1-12-9-15-10-13(12)2-6-16/h11-13,15H,1-10H2/t12-,13+. The number of hydrogen-bond donors (Lipinski definition) is 1. The Labute approximate surface area is 114 Å². The largest absolute Gasteiger partial charge is 0.342 e. The van der Waals surface area contributed by atoms with Crippen LogP contribution >= 0.6 is 11.8 Å². The number of hydrogen-bond acceptors (Lipinski definition) is 3. The number of carbonyl (C=O) groups is 1. The van der Waals surface area contributed by atoms with Gasteiger partial charge in [-0.15, -0.1) is 0 Å². The Bertz CT molecular complexity index is 290. The fourth-order valence-electron chi connectivity index (χ4n) is 3.64. The SMILES string of the molecule is O=C(C1CCSCC1)N1CC[C@@H]2CNC[C@@H]2CC1. The zero-order valence-corrected chi connectivity index (χ0v) is 11.9. The highest BCUT2D eigenvalue weighted by atomic mass is 32.2. The molecule has 0 radical (unpaired) electrons. The van der Waals surface area contributed by atoms with Crippen molar-refractivity contribution in [3.63, 3.8) is 0 Å². The number of amides is 1. The smallest absolute Gasteiger partial charge is 0.225 e. The molecule has 0 bridgehead atoms. The third-order valence-corrected chi connectivity index (χ3v) is 5.95. The van der Waals surface area contributed by atoms with Gasteiger partial charge in [0.05, 0.1) is 0 Å². The fraction of sp³-hybridized carbons (Fsp3) is 0.929. The Morgan fingerprint density at radius 1 is 1.00 bits per heavy atom. The first-order valence-electron chi connectivity index (χ1n) is 7.42. The summed E-state index contributed by atoms with van der Waals surface area (Å²) in [6.45, 7) is 4.36. The number of nitrogens with one attached hydrogen (secondary N) is 1. The van der Waals surface area contributed by atoms with Gasteiger partial charge in [-0.2, -0.15) is 11.8 Å². The summed E-state index contributed by atoms with van der Waals surface area (Å²) in [5.74, 6) is 4.80. The molecule has 0 aromatic heterocycles. The van der Waals surface area contributed by atoms with Crippen LogP contribution in [0.25, 0.3) is 0 Å². The molecule has 0 spiro atoms. The maximum atomic E-state index is 12.5. The van der Waals surface area contributed by atoms with Crippen LogP contribution in [-0.4, -0.2) is 48.5 Å². The van der Waals surface area contributed by atoms with Gasteiger partial charge in [-0.1, -0.05) is 0 Å². The predicted molar refractivity (Wildman–Crippen MR) is 75.7 cm³/mol. The predicted octanol–water partition coefficient (Wildman–Crippen LogP) is 1.59. The van der Waals surface area contributed by atoms with Crippen LogP contribution in [-0.2, 0) is 4.79 Å². The summed E-state index contributed by atoms with van der Waals surface area (Å²) < 4.78 is 0. The number of nitrogens with zero attached hydrogens (tertiary/aromatic N) is 1. The van der Waals surface area contributed by atoms with E-state index >= 15 is 0 Å². The molecule has 3 saturated heterocycles. The molecule has 102 valence electrons. The number of likely N-dealkylation sites (tertiary alicyclic amines) is 1. The molecule has 2 atom stereocenters. The Kier molecular flexibility index (Phi) is 4.14. The van der Waals surface area contributed by atoms with Crippen molar-refractivity contribution in [3.8, 4) is 0 Å². The van der Waals surface area contributed by atoms with Crippen molar-refractivity contribution < 1.29 is 4.79 Å². The first kappa shape index (κ1) is 12.8. The molecular weight excluding hydrogens is 244 g/mol. The molecule has 3 aliphatic heterocycles. The maximum absolute atomic E-state index is 12.5. The van der Waals surface area contributed by atoms with Gasteiger partial charge in [-0.25, -0.2) is 0 Å². The molecule has 1 N–H and O–H groups in total. The second kappa shape index (κ2) is 5.83.